The number of benzene rings is 1. The summed E-state index contributed by atoms with van der Waals surface area (Å²) in [7, 11) is 7.79. The largest absolute Gasteiger partial charge is 0.496 e. The molecule has 3 heteroatoms. The van der Waals surface area contributed by atoms with Gasteiger partial charge in [-0.25, -0.2) is 0 Å². The Balaban J connectivity index is 2.91. The van der Waals surface area contributed by atoms with Crippen molar-refractivity contribution >= 4 is 0 Å². The standard InChI is InChI=1S/C12H20N2O/c1-13-8-10-5-6-12(15-4)11(7-10)9-14(2)3/h5-7,13H,8-9H2,1-4H3. The van der Waals surface area contributed by atoms with Crippen molar-refractivity contribution < 1.29 is 4.74 Å². The summed E-state index contributed by atoms with van der Waals surface area (Å²) in [5, 5.41) is 3.15. The third kappa shape index (κ3) is 3.53. The van der Waals surface area contributed by atoms with Gasteiger partial charge in [0, 0.05) is 18.7 Å². The van der Waals surface area contributed by atoms with Crippen LogP contribution in [0.4, 0.5) is 0 Å². The molecule has 3 nitrogen and oxygen atoms in total. The van der Waals surface area contributed by atoms with Gasteiger partial charge in [0.05, 0.1) is 7.11 Å². The molecule has 0 aromatic heterocycles. The number of rotatable bonds is 5. The van der Waals surface area contributed by atoms with Crippen LogP contribution in [0.2, 0.25) is 0 Å². The quantitative estimate of drug-likeness (QED) is 0.793. The molecule has 0 aliphatic rings. The van der Waals surface area contributed by atoms with E-state index in [1.165, 1.54) is 11.1 Å². The van der Waals surface area contributed by atoms with Gasteiger partial charge >= 0.3 is 0 Å². The summed E-state index contributed by atoms with van der Waals surface area (Å²) in [6, 6.07) is 6.31. The monoisotopic (exact) mass is 208 g/mol. The van der Waals surface area contributed by atoms with Crippen LogP contribution in [-0.2, 0) is 13.1 Å². The van der Waals surface area contributed by atoms with E-state index in [4.69, 9.17) is 4.74 Å². The zero-order chi connectivity index (χ0) is 11.3. The molecule has 0 heterocycles. The molecule has 84 valence electrons. The minimum atomic E-state index is 0.893. The van der Waals surface area contributed by atoms with E-state index in [1.54, 1.807) is 7.11 Å². The number of hydrogen-bond acceptors (Lipinski definition) is 3. The molecule has 0 saturated heterocycles. The highest BCUT2D eigenvalue weighted by molar-refractivity contribution is 5.37. The summed E-state index contributed by atoms with van der Waals surface area (Å²) in [5.41, 5.74) is 2.52. The van der Waals surface area contributed by atoms with E-state index >= 15 is 0 Å². The molecule has 0 amide bonds. The van der Waals surface area contributed by atoms with Crippen molar-refractivity contribution in [2.24, 2.45) is 0 Å². The molecule has 15 heavy (non-hydrogen) atoms. The van der Waals surface area contributed by atoms with Crippen molar-refractivity contribution in [2.75, 3.05) is 28.3 Å². The molecule has 0 saturated carbocycles. The summed E-state index contributed by atoms with van der Waals surface area (Å²) in [5.74, 6) is 0.962. The minimum absolute atomic E-state index is 0.893. The Morgan fingerprint density at radius 2 is 2.07 bits per heavy atom. The van der Waals surface area contributed by atoms with Gasteiger partial charge in [0.25, 0.3) is 0 Å². The Kier molecular flexibility index (Phi) is 4.59. The van der Waals surface area contributed by atoms with E-state index in [0.29, 0.717) is 0 Å². The van der Waals surface area contributed by atoms with Crippen LogP contribution in [0.15, 0.2) is 18.2 Å². The lowest BCUT2D eigenvalue weighted by molar-refractivity contribution is 0.371. The highest BCUT2D eigenvalue weighted by Crippen LogP contribution is 2.20. The summed E-state index contributed by atoms with van der Waals surface area (Å²) in [4.78, 5) is 2.14. The predicted octanol–water partition coefficient (Wildman–Crippen LogP) is 1.48. The molecule has 0 fully saturated rings. The molecule has 0 aliphatic heterocycles. The number of nitrogens with one attached hydrogen (secondary N) is 1. The van der Waals surface area contributed by atoms with E-state index in [9.17, 15) is 0 Å². The Morgan fingerprint density at radius 1 is 1.33 bits per heavy atom. The Hall–Kier alpha value is -1.06. The fourth-order valence-corrected chi connectivity index (χ4v) is 1.61. The molecule has 0 atom stereocenters. The van der Waals surface area contributed by atoms with Crippen molar-refractivity contribution in [2.45, 2.75) is 13.1 Å². The van der Waals surface area contributed by atoms with Crippen LogP contribution in [0, 0.1) is 0 Å². The number of methoxy groups -OCH3 is 1. The third-order valence-corrected chi connectivity index (χ3v) is 2.21. The van der Waals surface area contributed by atoms with Gasteiger partial charge in [-0.05, 0) is 38.8 Å². The van der Waals surface area contributed by atoms with Gasteiger partial charge in [-0.2, -0.15) is 0 Å². The molecule has 0 spiro atoms. The number of hydrogen-bond donors (Lipinski definition) is 1. The Bertz CT molecular complexity index is 310. The van der Waals surface area contributed by atoms with Crippen LogP contribution in [0.1, 0.15) is 11.1 Å². The molecule has 0 radical (unpaired) electrons. The van der Waals surface area contributed by atoms with Crippen LogP contribution in [0.25, 0.3) is 0 Å². The highest BCUT2D eigenvalue weighted by atomic mass is 16.5. The average molecular weight is 208 g/mol. The van der Waals surface area contributed by atoms with Crippen LogP contribution >= 0.6 is 0 Å². The average Bonchev–Trinajstić information content (AvgIpc) is 2.18. The van der Waals surface area contributed by atoms with Crippen LogP contribution in [0.5, 0.6) is 5.75 Å². The first-order chi connectivity index (χ1) is 7.17. The molecular weight excluding hydrogens is 188 g/mol. The third-order valence-electron chi connectivity index (χ3n) is 2.21. The first kappa shape index (κ1) is 12.0. The zero-order valence-electron chi connectivity index (χ0n) is 10.0. The normalized spacial score (nSPS) is 10.7. The Labute approximate surface area is 92.0 Å². The van der Waals surface area contributed by atoms with E-state index in [1.807, 2.05) is 13.1 Å². The predicted molar refractivity (Wildman–Crippen MR) is 63.1 cm³/mol. The van der Waals surface area contributed by atoms with Crippen molar-refractivity contribution in [1.29, 1.82) is 0 Å². The van der Waals surface area contributed by atoms with Crippen LogP contribution in [0.3, 0.4) is 0 Å². The van der Waals surface area contributed by atoms with Gasteiger partial charge < -0.3 is 15.0 Å². The van der Waals surface area contributed by atoms with Gasteiger partial charge in [-0.15, -0.1) is 0 Å². The van der Waals surface area contributed by atoms with Crippen molar-refractivity contribution in [3.8, 4) is 5.75 Å². The second-order valence-corrected chi connectivity index (χ2v) is 3.91. The van der Waals surface area contributed by atoms with E-state index in [-0.39, 0.29) is 0 Å². The van der Waals surface area contributed by atoms with Gasteiger partial charge in [-0.3, -0.25) is 0 Å². The first-order valence-electron chi connectivity index (χ1n) is 5.12. The molecular formula is C12H20N2O. The molecule has 0 bridgehead atoms. The lowest BCUT2D eigenvalue weighted by atomic mass is 10.1. The minimum Gasteiger partial charge on any atom is -0.496 e. The molecule has 1 aromatic rings. The van der Waals surface area contributed by atoms with Crippen LogP contribution in [-0.4, -0.2) is 33.2 Å². The second kappa shape index (κ2) is 5.73. The Morgan fingerprint density at radius 3 is 2.60 bits per heavy atom. The van der Waals surface area contributed by atoms with E-state index in [0.717, 1.165) is 18.8 Å². The fourth-order valence-electron chi connectivity index (χ4n) is 1.61. The SMILES string of the molecule is CNCc1ccc(OC)c(CN(C)C)c1. The van der Waals surface area contributed by atoms with Gasteiger partial charge in [0.15, 0.2) is 0 Å². The summed E-state index contributed by atoms with van der Waals surface area (Å²) < 4.78 is 5.33. The summed E-state index contributed by atoms with van der Waals surface area (Å²) >= 11 is 0. The van der Waals surface area contributed by atoms with Crippen molar-refractivity contribution in [1.82, 2.24) is 10.2 Å². The zero-order valence-corrected chi connectivity index (χ0v) is 10.0. The van der Waals surface area contributed by atoms with E-state index in [2.05, 4.69) is 36.4 Å². The molecule has 0 unspecified atom stereocenters. The van der Waals surface area contributed by atoms with Gasteiger partial charge in [0.1, 0.15) is 5.75 Å². The number of nitrogens with zero attached hydrogens (tertiary/aromatic N) is 1. The summed E-state index contributed by atoms with van der Waals surface area (Å²) in [6.45, 7) is 1.80. The molecule has 1 rings (SSSR count). The van der Waals surface area contributed by atoms with Gasteiger partial charge in [0.2, 0.25) is 0 Å². The molecule has 1 N–H and O–H groups in total. The maximum absolute atomic E-state index is 5.33. The number of ether oxygens (including phenoxy) is 1. The first-order valence-corrected chi connectivity index (χ1v) is 5.12. The van der Waals surface area contributed by atoms with Gasteiger partial charge in [-0.1, -0.05) is 6.07 Å². The van der Waals surface area contributed by atoms with Crippen LogP contribution < -0.4 is 10.1 Å². The fraction of sp³-hybridized carbons (Fsp3) is 0.500. The highest BCUT2D eigenvalue weighted by Gasteiger charge is 2.05. The van der Waals surface area contributed by atoms with Crippen molar-refractivity contribution in [3.63, 3.8) is 0 Å². The lowest BCUT2D eigenvalue weighted by Gasteiger charge is -2.14. The maximum Gasteiger partial charge on any atom is 0.123 e. The second-order valence-electron chi connectivity index (χ2n) is 3.91. The lowest BCUT2D eigenvalue weighted by Crippen LogP contribution is -2.12. The maximum atomic E-state index is 5.33. The summed E-state index contributed by atoms with van der Waals surface area (Å²) in [6.07, 6.45) is 0. The topological polar surface area (TPSA) is 24.5 Å². The van der Waals surface area contributed by atoms with E-state index < -0.39 is 0 Å². The molecule has 1 aromatic carbocycles. The smallest absolute Gasteiger partial charge is 0.123 e. The molecule has 0 aliphatic carbocycles. The van der Waals surface area contributed by atoms with Crippen molar-refractivity contribution in [3.05, 3.63) is 29.3 Å².